The molecule has 1 atom stereocenters. The SMILES string of the molecule is COCCOC(=O)N[C@@H](Cc1nn(CCc2ccc3c(n2)NCCC3)cc1C(N)=O)C(=O)O. The molecule has 0 fully saturated rings. The zero-order valence-electron chi connectivity index (χ0n) is 18.4. The van der Waals surface area contributed by atoms with Gasteiger partial charge in [0, 0.05) is 44.9 Å². The number of nitrogens with zero attached hydrogens (tertiary/aromatic N) is 3. The molecule has 0 spiro atoms. The summed E-state index contributed by atoms with van der Waals surface area (Å²) >= 11 is 0. The number of primary amides is 1. The highest BCUT2D eigenvalue weighted by molar-refractivity contribution is 5.94. The third-order valence-electron chi connectivity index (χ3n) is 5.16. The van der Waals surface area contributed by atoms with Crippen molar-refractivity contribution in [1.82, 2.24) is 20.1 Å². The molecule has 0 saturated carbocycles. The largest absolute Gasteiger partial charge is 0.480 e. The third-order valence-corrected chi connectivity index (χ3v) is 5.16. The van der Waals surface area contributed by atoms with Gasteiger partial charge in [-0.25, -0.2) is 14.6 Å². The predicted molar refractivity (Wildman–Crippen MR) is 117 cm³/mol. The molecule has 12 nitrogen and oxygen atoms in total. The van der Waals surface area contributed by atoms with E-state index in [0.29, 0.717) is 13.0 Å². The number of nitrogens with two attached hydrogens (primary N) is 1. The van der Waals surface area contributed by atoms with Crippen LogP contribution in [0.5, 0.6) is 0 Å². The molecule has 0 radical (unpaired) electrons. The molecule has 0 unspecified atom stereocenters. The number of carbonyl (C=O) groups excluding carboxylic acids is 2. The van der Waals surface area contributed by atoms with Crippen molar-refractivity contribution in [3.63, 3.8) is 0 Å². The number of carboxylic acid groups (broad SMARTS) is 1. The molecule has 178 valence electrons. The van der Waals surface area contributed by atoms with Gasteiger partial charge in [0.2, 0.25) is 0 Å². The van der Waals surface area contributed by atoms with Gasteiger partial charge in [0.1, 0.15) is 18.5 Å². The minimum Gasteiger partial charge on any atom is -0.480 e. The lowest BCUT2D eigenvalue weighted by Gasteiger charge is -2.17. The number of hydrogen-bond donors (Lipinski definition) is 4. The van der Waals surface area contributed by atoms with E-state index in [9.17, 15) is 19.5 Å². The third kappa shape index (κ3) is 6.65. The number of hydrogen-bond acceptors (Lipinski definition) is 8. The Balaban J connectivity index is 1.67. The average molecular weight is 460 g/mol. The molecule has 3 rings (SSSR count). The standard InChI is InChI=1S/C21H28N6O6/c1-32-9-10-33-21(31)25-17(20(29)30)11-16-15(18(22)28)12-27(26-16)8-6-14-5-4-13-3-2-7-23-19(13)24-14/h4-5,12,17H,2-3,6-11H2,1H3,(H2,22,28)(H,23,24)(H,25,31)(H,29,30)/t17-/m0/s1. The van der Waals surface area contributed by atoms with Crippen LogP contribution in [0.15, 0.2) is 18.3 Å². The van der Waals surface area contributed by atoms with Crippen LogP contribution in [-0.4, -0.2) is 70.8 Å². The maximum atomic E-state index is 11.9. The lowest BCUT2D eigenvalue weighted by Crippen LogP contribution is -2.43. The summed E-state index contributed by atoms with van der Waals surface area (Å²) in [5.41, 5.74) is 7.78. The number of nitrogens with one attached hydrogen (secondary N) is 2. The number of aliphatic carboxylic acids is 1. The minimum atomic E-state index is -1.35. The number of ether oxygens (including phenoxy) is 2. The summed E-state index contributed by atoms with van der Waals surface area (Å²) in [5.74, 6) is -1.14. The first-order chi connectivity index (χ1) is 15.9. The molecule has 1 aliphatic heterocycles. The van der Waals surface area contributed by atoms with Gasteiger partial charge in [-0.1, -0.05) is 6.07 Å². The van der Waals surface area contributed by atoms with Crippen molar-refractivity contribution in [3.05, 3.63) is 40.8 Å². The number of rotatable bonds is 11. The van der Waals surface area contributed by atoms with E-state index >= 15 is 0 Å². The van der Waals surface area contributed by atoms with Gasteiger partial charge >= 0.3 is 12.1 Å². The van der Waals surface area contributed by atoms with E-state index in [-0.39, 0.29) is 30.9 Å². The number of carboxylic acids is 1. The minimum absolute atomic E-state index is 0.0257. The highest BCUT2D eigenvalue weighted by atomic mass is 16.6. The number of aromatic nitrogens is 3. The molecule has 2 amide bonds. The molecular weight excluding hydrogens is 432 g/mol. The van der Waals surface area contributed by atoms with E-state index < -0.39 is 24.0 Å². The van der Waals surface area contributed by atoms with Gasteiger partial charge in [0.05, 0.1) is 17.9 Å². The second-order valence-corrected chi connectivity index (χ2v) is 7.58. The summed E-state index contributed by atoms with van der Waals surface area (Å²) in [6.45, 7) is 1.46. The molecule has 3 heterocycles. The van der Waals surface area contributed by atoms with Crippen molar-refractivity contribution in [1.29, 1.82) is 0 Å². The van der Waals surface area contributed by atoms with E-state index in [1.54, 1.807) is 0 Å². The Morgan fingerprint density at radius 2 is 2.15 bits per heavy atom. The summed E-state index contributed by atoms with van der Waals surface area (Å²) in [4.78, 5) is 40.0. The topological polar surface area (TPSA) is 171 Å². The predicted octanol–water partition coefficient (Wildman–Crippen LogP) is 0.346. The number of methoxy groups -OCH3 is 1. The Morgan fingerprint density at radius 3 is 2.88 bits per heavy atom. The molecule has 33 heavy (non-hydrogen) atoms. The van der Waals surface area contributed by atoms with Gasteiger partial charge in [-0.3, -0.25) is 9.48 Å². The van der Waals surface area contributed by atoms with Gasteiger partial charge in [-0.2, -0.15) is 5.10 Å². The molecular formula is C21H28N6O6. The van der Waals surface area contributed by atoms with Gasteiger partial charge in [-0.05, 0) is 24.5 Å². The van der Waals surface area contributed by atoms with Crippen LogP contribution in [0.3, 0.4) is 0 Å². The summed E-state index contributed by atoms with van der Waals surface area (Å²) < 4.78 is 11.1. The van der Waals surface area contributed by atoms with Crippen molar-refractivity contribution in [2.45, 2.75) is 38.3 Å². The summed E-state index contributed by atoms with van der Waals surface area (Å²) in [6, 6.07) is 2.67. The van der Waals surface area contributed by atoms with Crippen LogP contribution < -0.4 is 16.4 Å². The van der Waals surface area contributed by atoms with Crippen molar-refractivity contribution in [2.24, 2.45) is 5.73 Å². The van der Waals surface area contributed by atoms with Crippen molar-refractivity contribution in [2.75, 3.05) is 32.2 Å². The molecule has 2 aromatic heterocycles. The van der Waals surface area contributed by atoms with E-state index in [0.717, 1.165) is 30.9 Å². The molecule has 5 N–H and O–H groups in total. The first kappa shape index (κ1) is 24.0. The Labute approximate surface area is 190 Å². The van der Waals surface area contributed by atoms with Crippen LogP contribution in [0.4, 0.5) is 10.6 Å². The van der Waals surface area contributed by atoms with Crippen molar-refractivity contribution in [3.8, 4) is 0 Å². The lowest BCUT2D eigenvalue weighted by atomic mass is 10.1. The Bertz CT molecular complexity index is 1010. The van der Waals surface area contributed by atoms with Gasteiger partial charge in [0.15, 0.2) is 0 Å². The van der Waals surface area contributed by atoms with Crippen LogP contribution in [0.1, 0.15) is 33.7 Å². The summed E-state index contributed by atoms with van der Waals surface area (Å²) in [6.07, 6.45) is 2.97. The molecule has 1 aliphatic rings. The summed E-state index contributed by atoms with van der Waals surface area (Å²) in [5, 5.41) is 19.4. The van der Waals surface area contributed by atoms with E-state index in [1.807, 2.05) is 6.07 Å². The normalized spacial score (nSPS) is 13.5. The fourth-order valence-electron chi connectivity index (χ4n) is 3.46. The molecule has 12 heteroatoms. The lowest BCUT2D eigenvalue weighted by molar-refractivity contribution is -0.139. The van der Waals surface area contributed by atoms with Gasteiger partial charge in [-0.15, -0.1) is 0 Å². The summed E-state index contributed by atoms with van der Waals surface area (Å²) in [7, 11) is 1.45. The quantitative estimate of drug-likeness (QED) is 0.345. The Kier molecular flexibility index (Phi) is 8.19. The van der Waals surface area contributed by atoms with Crippen molar-refractivity contribution >= 4 is 23.8 Å². The second-order valence-electron chi connectivity index (χ2n) is 7.58. The van der Waals surface area contributed by atoms with Gasteiger partial charge in [0.25, 0.3) is 5.91 Å². The number of pyridine rings is 1. The first-order valence-electron chi connectivity index (χ1n) is 10.6. The number of alkyl carbamates (subject to hydrolysis) is 1. The molecule has 0 aliphatic carbocycles. The Morgan fingerprint density at radius 1 is 1.33 bits per heavy atom. The highest BCUT2D eigenvalue weighted by Crippen LogP contribution is 2.20. The van der Waals surface area contributed by atoms with E-state index in [4.69, 9.17) is 15.2 Å². The maximum absolute atomic E-state index is 11.9. The number of anilines is 1. The smallest absolute Gasteiger partial charge is 0.407 e. The van der Waals surface area contributed by atoms with Crippen molar-refractivity contribution < 1.29 is 29.0 Å². The van der Waals surface area contributed by atoms with E-state index in [1.165, 1.54) is 23.6 Å². The molecule has 0 saturated heterocycles. The fourth-order valence-corrected chi connectivity index (χ4v) is 3.46. The number of carbonyl (C=O) groups is 3. The number of amides is 2. The van der Waals surface area contributed by atoms with Crippen LogP contribution in [0, 0.1) is 0 Å². The maximum Gasteiger partial charge on any atom is 0.407 e. The Hall–Kier alpha value is -3.67. The molecule has 0 aromatic carbocycles. The molecule has 0 bridgehead atoms. The van der Waals surface area contributed by atoms with Gasteiger partial charge < -0.3 is 30.9 Å². The van der Waals surface area contributed by atoms with Crippen LogP contribution in [-0.2, 0) is 40.1 Å². The zero-order valence-corrected chi connectivity index (χ0v) is 18.4. The van der Waals surface area contributed by atoms with Crippen LogP contribution in [0.2, 0.25) is 0 Å². The average Bonchev–Trinajstić information content (AvgIpc) is 3.20. The van der Waals surface area contributed by atoms with Crippen LogP contribution in [0.25, 0.3) is 0 Å². The first-order valence-corrected chi connectivity index (χ1v) is 10.6. The molecule has 2 aromatic rings. The highest BCUT2D eigenvalue weighted by Gasteiger charge is 2.25. The van der Waals surface area contributed by atoms with E-state index in [2.05, 4.69) is 26.8 Å². The second kappa shape index (κ2) is 11.3. The number of aryl methyl sites for hydroxylation is 3. The fraction of sp³-hybridized carbons (Fsp3) is 0.476. The zero-order chi connectivity index (χ0) is 23.8. The van der Waals surface area contributed by atoms with Crippen LogP contribution >= 0.6 is 0 Å². The monoisotopic (exact) mass is 460 g/mol. The number of fused-ring (bicyclic) bond motifs is 1.